The van der Waals surface area contributed by atoms with Crippen molar-refractivity contribution in [2.24, 2.45) is 5.73 Å². The maximum absolute atomic E-state index is 10.9. The van der Waals surface area contributed by atoms with E-state index in [0.717, 1.165) is 5.56 Å². The second-order valence-corrected chi connectivity index (χ2v) is 4.51. The Kier molecular flexibility index (Phi) is 4.08. The third-order valence-corrected chi connectivity index (χ3v) is 3.01. The topological polar surface area (TPSA) is 91.3 Å². The highest BCUT2D eigenvalue weighted by Crippen LogP contribution is 2.37. The normalized spacial score (nSPS) is 10.2. The van der Waals surface area contributed by atoms with E-state index in [1.807, 2.05) is 0 Å². The molecule has 0 saturated carbocycles. The highest BCUT2D eigenvalue weighted by Gasteiger charge is 2.19. The second kappa shape index (κ2) is 5.77. The molecule has 0 aliphatic rings. The fourth-order valence-electron chi connectivity index (χ4n) is 1.44. The van der Waals surface area contributed by atoms with Crippen LogP contribution < -0.4 is 10.5 Å². The fourth-order valence-corrected chi connectivity index (χ4v) is 1.88. The number of nitro benzene ring substituents is 1. The van der Waals surface area contributed by atoms with Gasteiger partial charge in [-0.15, -0.1) is 0 Å². The number of aromatic nitrogens is 1. The molecular formula is C12H10BrN3O3. The molecule has 1 aromatic carbocycles. The number of hydrogen-bond acceptors (Lipinski definition) is 5. The Balaban J connectivity index is 2.34. The molecule has 0 aliphatic heterocycles. The quantitative estimate of drug-likeness (QED) is 0.689. The summed E-state index contributed by atoms with van der Waals surface area (Å²) in [4.78, 5) is 14.5. The Bertz CT molecular complexity index is 602. The van der Waals surface area contributed by atoms with Crippen LogP contribution in [0.1, 0.15) is 5.56 Å². The van der Waals surface area contributed by atoms with Gasteiger partial charge in [-0.25, -0.2) is 4.98 Å². The van der Waals surface area contributed by atoms with Crippen molar-refractivity contribution in [1.82, 2.24) is 4.98 Å². The van der Waals surface area contributed by atoms with Crippen LogP contribution in [0.4, 0.5) is 5.69 Å². The van der Waals surface area contributed by atoms with Gasteiger partial charge >= 0.3 is 5.69 Å². The lowest BCUT2D eigenvalue weighted by atomic mass is 10.3. The zero-order valence-electron chi connectivity index (χ0n) is 9.75. The molecule has 98 valence electrons. The maximum atomic E-state index is 10.9. The van der Waals surface area contributed by atoms with Crippen LogP contribution in [0.3, 0.4) is 0 Å². The lowest BCUT2D eigenvalue weighted by molar-refractivity contribution is -0.385. The number of benzene rings is 1. The summed E-state index contributed by atoms with van der Waals surface area (Å²) < 4.78 is 5.95. The average molecular weight is 324 g/mol. The molecule has 0 radical (unpaired) electrons. The van der Waals surface area contributed by atoms with Gasteiger partial charge in [0, 0.05) is 24.9 Å². The van der Waals surface area contributed by atoms with Gasteiger partial charge in [-0.3, -0.25) is 10.1 Å². The minimum atomic E-state index is -0.506. The monoisotopic (exact) mass is 323 g/mol. The van der Waals surface area contributed by atoms with Crippen molar-refractivity contribution in [2.75, 3.05) is 0 Å². The van der Waals surface area contributed by atoms with Crippen LogP contribution in [0.15, 0.2) is 41.0 Å². The Morgan fingerprint density at radius 3 is 2.74 bits per heavy atom. The summed E-state index contributed by atoms with van der Waals surface area (Å²) in [6.07, 6.45) is 1.57. The van der Waals surface area contributed by atoms with E-state index < -0.39 is 4.92 Å². The molecule has 6 nitrogen and oxygen atoms in total. The standard InChI is InChI=1S/C12H10BrN3O3/c13-9-2-1-3-10(16(17)18)12(9)19-11-5-4-8(6-14)7-15-11/h1-5,7H,6,14H2. The molecule has 0 unspecified atom stereocenters. The molecule has 0 bridgehead atoms. The summed E-state index contributed by atoms with van der Waals surface area (Å²) in [7, 11) is 0. The Labute approximate surface area is 117 Å². The number of rotatable bonds is 4. The van der Waals surface area contributed by atoms with Gasteiger partial charge in [-0.2, -0.15) is 0 Å². The van der Waals surface area contributed by atoms with Crippen LogP contribution in [0.25, 0.3) is 0 Å². The van der Waals surface area contributed by atoms with Crippen molar-refractivity contribution in [2.45, 2.75) is 6.54 Å². The molecule has 1 aromatic heterocycles. The smallest absolute Gasteiger partial charge is 0.312 e. The third-order valence-electron chi connectivity index (χ3n) is 2.38. The second-order valence-electron chi connectivity index (χ2n) is 3.66. The number of nitro groups is 1. The van der Waals surface area contributed by atoms with Crippen LogP contribution in [-0.2, 0) is 6.54 Å². The fraction of sp³-hybridized carbons (Fsp3) is 0.0833. The zero-order valence-corrected chi connectivity index (χ0v) is 11.3. The van der Waals surface area contributed by atoms with Gasteiger partial charge in [0.15, 0.2) is 0 Å². The van der Waals surface area contributed by atoms with Crippen molar-refractivity contribution in [3.8, 4) is 11.6 Å². The summed E-state index contributed by atoms with van der Waals surface area (Å²) in [6, 6.07) is 7.97. The molecule has 0 saturated heterocycles. The van der Waals surface area contributed by atoms with Crippen molar-refractivity contribution < 1.29 is 9.66 Å². The molecule has 19 heavy (non-hydrogen) atoms. The Morgan fingerprint density at radius 2 is 2.16 bits per heavy atom. The van der Waals surface area contributed by atoms with E-state index in [2.05, 4.69) is 20.9 Å². The summed E-state index contributed by atoms with van der Waals surface area (Å²) in [6.45, 7) is 0.377. The molecule has 0 atom stereocenters. The Hall–Kier alpha value is -1.99. The van der Waals surface area contributed by atoms with E-state index >= 15 is 0 Å². The number of nitrogens with zero attached hydrogens (tertiary/aromatic N) is 2. The maximum Gasteiger partial charge on any atom is 0.312 e. The van der Waals surface area contributed by atoms with Gasteiger partial charge in [0.05, 0.1) is 9.40 Å². The number of para-hydroxylation sites is 1. The van der Waals surface area contributed by atoms with E-state index in [1.54, 1.807) is 30.5 Å². The minimum Gasteiger partial charge on any atom is -0.431 e. The lowest BCUT2D eigenvalue weighted by Gasteiger charge is -2.07. The van der Waals surface area contributed by atoms with Gasteiger partial charge < -0.3 is 10.5 Å². The van der Waals surface area contributed by atoms with Gasteiger partial charge in [-0.1, -0.05) is 12.1 Å². The number of pyridine rings is 1. The molecule has 2 rings (SSSR count). The lowest BCUT2D eigenvalue weighted by Crippen LogP contribution is -1.98. The predicted octanol–water partition coefficient (Wildman–Crippen LogP) is 3.00. The van der Waals surface area contributed by atoms with Crippen LogP contribution in [0.5, 0.6) is 11.6 Å². The Morgan fingerprint density at radius 1 is 1.37 bits per heavy atom. The first-order chi connectivity index (χ1) is 9.11. The summed E-state index contributed by atoms with van der Waals surface area (Å²) in [5.41, 5.74) is 6.19. The molecule has 2 aromatic rings. The van der Waals surface area contributed by atoms with E-state index in [-0.39, 0.29) is 17.3 Å². The minimum absolute atomic E-state index is 0.125. The summed E-state index contributed by atoms with van der Waals surface area (Å²) in [5.74, 6) is 0.396. The van der Waals surface area contributed by atoms with Crippen molar-refractivity contribution >= 4 is 21.6 Å². The molecular weight excluding hydrogens is 314 g/mol. The van der Waals surface area contributed by atoms with Crippen LogP contribution in [0.2, 0.25) is 0 Å². The first-order valence-corrected chi connectivity index (χ1v) is 6.17. The van der Waals surface area contributed by atoms with Gasteiger partial charge in [0.25, 0.3) is 0 Å². The number of ether oxygens (including phenoxy) is 1. The van der Waals surface area contributed by atoms with E-state index in [4.69, 9.17) is 10.5 Å². The van der Waals surface area contributed by atoms with Crippen LogP contribution in [0, 0.1) is 10.1 Å². The van der Waals surface area contributed by atoms with Gasteiger partial charge in [0.1, 0.15) is 0 Å². The molecule has 0 amide bonds. The molecule has 1 heterocycles. The van der Waals surface area contributed by atoms with E-state index in [9.17, 15) is 10.1 Å². The third kappa shape index (κ3) is 3.07. The summed E-state index contributed by atoms with van der Waals surface area (Å²) in [5, 5.41) is 10.9. The van der Waals surface area contributed by atoms with Crippen LogP contribution in [-0.4, -0.2) is 9.91 Å². The number of nitrogens with two attached hydrogens (primary N) is 1. The van der Waals surface area contributed by atoms with Crippen LogP contribution >= 0.6 is 15.9 Å². The zero-order chi connectivity index (χ0) is 13.8. The number of hydrogen-bond donors (Lipinski definition) is 1. The molecule has 2 N–H and O–H groups in total. The molecule has 7 heteroatoms. The largest absolute Gasteiger partial charge is 0.431 e. The van der Waals surface area contributed by atoms with E-state index in [1.165, 1.54) is 6.07 Å². The molecule has 0 fully saturated rings. The summed E-state index contributed by atoms with van der Waals surface area (Å²) >= 11 is 3.22. The molecule has 0 spiro atoms. The SMILES string of the molecule is NCc1ccc(Oc2c(Br)cccc2[N+](=O)[O-])nc1. The average Bonchev–Trinajstić information content (AvgIpc) is 2.41. The first-order valence-electron chi connectivity index (χ1n) is 5.37. The van der Waals surface area contributed by atoms with Crippen molar-refractivity contribution in [3.63, 3.8) is 0 Å². The van der Waals surface area contributed by atoms with Gasteiger partial charge in [-0.05, 0) is 27.6 Å². The number of halogens is 1. The molecule has 0 aliphatic carbocycles. The highest BCUT2D eigenvalue weighted by atomic mass is 79.9. The van der Waals surface area contributed by atoms with Crippen molar-refractivity contribution in [3.05, 3.63) is 56.7 Å². The highest BCUT2D eigenvalue weighted by molar-refractivity contribution is 9.10. The predicted molar refractivity (Wildman–Crippen MR) is 73.0 cm³/mol. The first kappa shape index (κ1) is 13.4. The van der Waals surface area contributed by atoms with E-state index in [0.29, 0.717) is 11.0 Å². The van der Waals surface area contributed by atoms with Gasteiger partial charge in [0.2, 0.25) is 11.6 Å². The van der Waals surface area contributed by atoms with Crippen molar-refractivity contribution in [1.29, 1.82) is 0 Å².